The lowest BCUT2D eigenvalue weighted by molar-refractivity contribution is -0.118. The minimum atomic E-state index is 0. The summed E-state index contributed by atoms with van der Waals surface area (Å²) < 4.78 is 0. The second kappa shape index (κ2) is 10.8. The molecule has 0 unspecified atom stereocenters. The molecule has 0 saturated heterocycles. The first kappa shape index (κ1) is 17.9. The van der Waals surface area contributed by atoms with Crippen molar-refractivity contribution in [3.05, 3.63) is 30.3 Å². The molecular weight excluding hydrogens is 260 g/mol. The van der Waals surface area contributed by atoms with Crippen molar-refractivity contribution in [2.75, 3.05) is 25.0 Å². The van der Waals surface area contributed by atoms with E-state index in [2.05, 4.69) is 12.2 Å². The smallest absolute Gasteiger partial charge is 0.227 e. The number of hydrogen-bond donors (Lipinski definition) is 1. The van der Waals surface area contributed by atoms with Crippen LogP contribution in [-0.2, 0) is 4.79 Å². The Kier molecular flexibility index (Phi) is 10.2. The number of carbonyl (C=O) groups excluding carboxylic acids is 1. The molecule has 0 radical (unpaired) electrons. The second-order valence-electron chi connectivity index (χ2n) is 4.44. The number of amides is 1. The van der Waals surface area contributed by atoms with Gasteiger partial charge in [-0.15, -0.1) is 12.4 Å². The van der Waals surface area contributed by atoms with Crippen molar-refractivity contribution >= 4 is 24.0 Å². The van der Waals surface area contributed by atoms with Crippen molar-refractivity contribution in [3.63, 3.8) is 0 Å². The molecule has 0 aliphatic rings. The van der Waals surface area contributed by atoms with Gasteiger partial charge in [0, 0.05) is 18.7 Å². The van der Waals surface area contributed by atoms with E-state index >= 15 is 0 Å². The van der Waals surface area contributed by atoms with Gasteiger partial charge >= 0.3 is 0 Å². The molecule has 1 aromatic carbocycles. The Bertz CT molecular complexity index is 343. The number of halogens is 1. The average Bonchev–Trinajstić information content (AvgIpc) is 2.41. The molecule has 108 valence electrons. The monoisotopic (exact) mass is 284 g/mol. The Morgan fingerprint density at radius 2 is 1.89 bits per heavy atom. The molecule has 0 fully saturated rings. The Balaban J connectivity index is 0.00000324. The quantitative estimate of drug-likeness (QED) is 0.743. The summed E-state index contributed by atoms with van der Waals surface area (Å²) in [4.78, 5) is 14.1. The number of nitrogens with zero attached hydrogens (tertiary/aromatic N) is 1. The fraction of sp³-hybridized carbons (Fsp3) is 0.533. The van der Waals surface area contributed by atoms with Crippen LogP contribution in [0.15, 0.2) is 30.3 Å². The molecule has 1 N–H and O–H groups in total. The predicted molar refractivity (Wildman–Crippen MR) is 84.1 cm³/mol. The first-order chi connectivity index (χ1) is 8.79. The van der Waals surface area contributed by atoms with Crippen molar-refractivity contribution in [2.45, 2.75) is 32.6 Å². The molecule has 0 atom stereocenters. The van der Waals surface area contributed by atoms with E-state index in [0.29, 0.717) is 6.42 Å². The summed E-state index contributed by atoms with van der Waals surface area (Å²) in [6.07, 6.45) is 3.66. The summed E-state index contributed by atoms with van der Waals surface area (Å²) in [6, 6.07) is 9.95. The summed E-state index contributed by atoms with van der Waals surface area (Å²) in [5.41, 5.74) is 1.01. The van der Waals surface area contributed by atoms with Crippen LogP contribution in [0.25, 0.3) is 0 Å². The largest absolute Gasteiger partial charge is 0.320 e. The third kappa shape index (κ3) is 6.60. The first-order valence-corrected chi connectivity index (χ1v) is 6.79. The van der Waals surface area contributed by atoms with Gasteiger partial charge < -0.3 is 10.2 Å². The van der Waals surface area contributed by atoms with Crippen LogP contribution in [-0.4, -0.2) is 26.0 Å². The third-order valence-electron chi connectivity index (χ3n) is 2.92. The molecular formula is C15H25ClN2O. The molecule has 3 nitrogen and oxygen atoms in total. The van der Waals surface area contributed by atoms with Gasteiger partial charge in [0.05, 0.1) is 0 Å². The number of hydrogen-bond acceptors (Lipinski definition) is 2. The maximum atomic E-state index is 12.2. The fourth-order valence-electron chi connectivity index (χ4n) is 1.87. The number of unbranched alkanes of at least 4 members (excludes halogenated alkanes) is 1. The van der Waals surface area contributed by atoms with Gasteiger partial charge in [-0.05, 0) is 38.6 Å². The Morgan fingerprint density at radius 1 is 1.21 bits per heavy atom. The minimum Gasteiger partial charge on any atom is -0.320 e. The fourth-order valence-corrected chi connectivity index (χ4v) is 1.87. The van der Waals surface area contributed by atoms with Crippen molar-refractivity contribution in [3.8, 4) is 0 Å². The number of rotatable bonds is 8. The van der Waals surface area contributed by atoms with E-state index in [9.17, 15) is 4.79 Å². The normalized spacial score (nSPS) is 9.79. The Labute approximate surface area is 122 Å². The molecule has 0 spiro atoms. The van der Waals surface area contributed by atoms with E-state index in [1.807, 2.05) is 42.3 Å². The summed E-state index contributed by atoms with van der Waals surface area (Å²) in [6.45, 7) is 3.86. The Morgan fingerprint density at radius 3 is 2.47 bits per heavy atom. The highest BCUT2D eigenvalue weighted by Crippen LogP contribution is 2.15. The lowest BCUT2D eigenvalue weighted by Crippen LogP contribution is -2.32. The molecule has 0 heterocycles. The summed E-state index contributed by atoms with van der Waals surface area (Å²) in [5.74, 6) is 0.227. The van der Waals surface area contributed by atoms with E-state index in [4.69, 9.17) is 0 Å². The summed E-state index contributed by atoms with van der Waals surface area (Å²) in [7, 11) is 1.91. The van der Waals surface area contributed by atoms with Crippen LogP contribution in [0.5, 0.6) is 0 Å². The molecule has 0 bridgehead atoms. The number of anilines is 1. The molecule has 4 heteroatoms. The first-order valence-electron chi connectivity index (χ1n) is 6.79. The van der Waals surface area contributed by atoms with Crippen LogP contribution in [0, 0.1) is 0 Å². The SMILES string of the molecule is CCCCN(C(=O)CCCNC)c1ccccc1.Cl. The van der Waals surface area contributed by atoms with Crippen molar-refractivity contribution in [2.24, 2.45) is 0 Å². The molecule has 1 amide bonds. The molecule has 0 saturated carbocycles. The maximum absolute atomic E-state index is 12.2. The minimum absolute atomic E-state index is 0. The van der Waals surface area contributed by atoms with Crippen LogP contribution in [0.2, 0.25) is 0 Å². The number of benzene rings is 1. The highest BCUT2D eigenvalue weighted by molar-refractivity contribution is 5.93. The average molecular weight is 285 g/mol. The van der Waals surface area contributed by atoms with E-state index in [-0.39, 0.29) is 18.3 Å². The lowest BCUT2D eigenvalue weighted by atomic mass is 10.2. The number of nitrogens with one attached hydrogen (secondary N) is 1. The highest BCUT2D eigenvalue weighted by atomic mass is 35.5. The molecule has 1 aromatic rings. The summed E-state index contributed by atoms with van der Waals surface area (Å²) in [5, 5.41) is 3.07. The summed E-state index contributed by atoms with van der Waals surface area (Å²) >= 11 is 0. The van der Waals surface area contributed by atoms with Gasteiger partial charge in [-0.2, -0.15) is 0 Å². The third-order valence-corrected chi connectivity index (χ3v) is 2.92. The molecule has 1 rings (SSSR count). The van der Waals surface area contributed by atoms with Gasteiger partial charge in [-0.25, -0.2) is 0 Å². The molecule has 0 aromatic heterocycles. The van der Waals surface area contributed by atoms with E-state index in [1.54, 1.807) is 0 Å². The predicted octanol–water partition coefficient (Wildman–Crippen LogP) is 3.24. The molecule has 0 aliphatic carbocycles. The van der Waals surface area contributed by atoms with Crippen LogP contribution < -0.4 is 10.2 Å². The van der Waals surface area contributed by atoms with Crippen LogP contribution in [0.3, 0.4) is 0 Å². The van der Waals surface area contributed by atoms with Gasteiger partial charge in [0.15, 0.2) is 0 Å². The zero-order valence-corrected chi connectivity index (χ0v) is 12.7. The van der Waals surface area contributed by atoms with Gasteiger partial charge in [-0.1, -0.05) is 31.5 Å². The van der Waals surface area contributed by atoms with E-state index in [1.165, 1.54) is 0 Å². The van der Waals surface area contributed by atoms with Gasteiger partial charge in [0.1, 0.15) is 0 Å². The van der Waals surface area contributed by atoms with Crippen LogP contribution >= 0.6 is 12.4 Å². The van der Waals surface area contributed by atoms with Crippen LogP contribution in [0.1, 0.15) is 32.6 Å². The zero-order valence-electron chi connectivity index (χ0n) is 11.9. The highest BCUT2D eigenvalue weighted by Gasteiger charge is 2.14. The molecule has 19 heavy (non-hydrogen) atoms. The topological polar surface area (TPSA) is 32.3 Å². The second-order valence-corrected chi connectivity index (χ2v) is 4.44. The lowest BCUT2D eigenvalue weighted by Gasteiger charge is -2.22. The van der Waals surface area contributed by atoms with Gasteiger partial charge in [-0.3, -0.25) is 4.79 Å². The van der Waals surface area contributed by atoms with Crippen molar-refractivity contribution in [1.29, 1.82) is 0 Å². The standard InChI is InChI=1S/C15H24N2O.ClH/c1-3-4-13-17(14-9-6-5-7-10-14)15(18)11-8-12-16-2;/h5-7,9-10,16H,3-4,8,11-13H2,1-2H3;1H. The van der Waals surface area contributed by atoms with Crippen LogP contribution in [0.4, 0.5) is 5.69 Å². The van der Waals surface area contributed by atoms with Crippen molar-refractivity contribution in [1.82, 2.24) is 5.32 Å². The zero-order chi connectivity index (χ0) is 13.2. The number of para-hydroxylation sites is 1. The maximum Gasteiger partial charge on any atom is 0.227 e. The van der Waals surface area contributed by atoms with E-state index < -0.39 is 0 Å². The Hall–Kier alpha value is -1.06. The van der Waals surface area contributed by atoms with E-state index in [0.717, 1.165) is 38.0 Å². The number of carbonyl (C=O) groups is 1. The van der Waals surface area contributed by atoms with Gasteiger partial charge in [0.25, 0.3) is 0 Å². The van der Waals surface area contributed by atoms with Gasteiger partial charge in [0.2, 0.25) is 5.91 Å². The van der Waals surface area contributed by atoms with Crippen molar-refractivity contribution < 1.29 is 4.79 Å². The molecule has 0 aliphatic heterocycles.